The maximum atomic E-state index is 9.26. The van der Waals surface area contributed by atoms with Crippen molar-refractivity contribution in [3.05, 3.63) is 0 Å². The number of ether oxygens (including phenoxy) is 1. The Morgan fingerprint density at radius 1 is 1.15 bits per heavy atom. The van der Waals surface area contributed by atoms with Gasteiger partial charge in [0.25, 0.3) is 0 Å². The summed E-state index contributed by atoms with van der Waals surface area (Å²) in [5.74, 6) is 2.11. The molecular weight excluding hydrogens is 176 g/mol. The van der Waals surface area contributed by atoms with Crippen molar-refractivity contribution in [2.45, 2.75) is 30.5 Å². The molecule has 1 heterocycles. The molecule has 5 atom stereocenters. The molecule has 1 unspecified atom stereocenters. The fourth-order valence-corrected chi connectivity index (χ4v) is 1.24. The summed E-state index contributed by atoms with van der Waals surface area (Å²) in [5.41, 5.74) is 0. The van der Waals surface area contributed by atoms with Crippen LogP contribution in [0.4, 0.5) is 0 Å². The van der Waals surface area contributed by atoms with Gasteiger partial charge in [0.15, 0.2) is 0 Å². The summed E-state index contributed by atoms with van der Waals surface area (Å²) >= 11 is 0. The van der Waals surface area contributed by atoms with E-state index in [0.29, 0.717) is 0 Å². The third-order valence-electron chi connectivity index (χ3n) is 2.06. The van der Waals surface area contributed by atoms with Gasteiger partial charge in [0.05, 0.1) is 6.61 Å². The van der Waals surface area contributed by atoms with Crippen LogP contribution in [-0.2, 0) is 4.74 Å². The van der Waals surface area contributed by atoms with Gasteiger partial charge in [-0.05, 0) is 0 Å². The van der Waals surface area contributed by atoms with Crippen LogP contribution >= 0.6 is 0 Å². The first-order chi connectivity index (χ1) is 6.11. The van der Waals surface area contributed by atoms with E-state index in [9.17, 15) is 15.3 Å². The highest BCUT2D eigenvalue weighted by Gasteiger charge is 2.42. The molecule has 5 nitrogen and oxygen atoms in total. The molecule has 0 aromatic heterocycles. The number of hydrogen-bond acceptors (Lipinski definition) is 5. The van der Waals surface area contributed by atoms with Gasteiger partial charge >= 0.3 is 0 Å². The fourth-order valence-electron chi connectivity index (χ4n) is 1.24. The molecule has 0 aromatic carbocycles. The summed E-state index contributed by atoms with van der Waals surface area (Å²) in [6, 6.07) is 0. The lowest BCUT2D eigenvalue weighted by Gasteiger charge is -2.37. The maximum absolute atomic E-state index is 9.26. The van der Waals surface area contributed by atoms with Gasteiger partial charge in [-0.2, -0.15) is 0 Å². The smallest absolute Gasteiger partial charge is 0.146 e. The van der Waals surface area contributed by atoms with E-state index < -0.39 is 37.1 Å². The molecule has 0 saturated carbocycles. The zero-order valence-electron chi connectivity index (χ0n) is 6.87. The molecular formula is C8H12O5. The largest absolute Gasteiger partial charge is 0.394 e. The fraction of sp³-hybridized carbons (Fsp3) is 0.750. The van der Waals surface area contributed by atoms with Gasteiger partial charge in [-0.25, -0.2) is 0 Å². The first-order valence-corrected chi connectivity index (χ1v) is 3.88. The van der Waals surface area contributed by atoms with E-state index in [1.165, 1.54) is 0 Å². The van der Waals surface area contributed by atoms with E-state index in [1.807, 2.05) is 0 Å². The van der Waals surface area contributed by atoms with Crippen LogP contribution < -0.4 is 0 Å². The van der Waals surface area contributed by atoms with Crippen LogP contribution in [0.2, 0.25) is 0 Å². The van der Waals surface area contributed by atoms with Gasteiger partial charge in [-0.15, -0.1) is 6.42 Å². The van der Waals surface area contributed by atoms with Crippen LogP contribution in [0.1, 0.15) is 0 Å². The number of hydrogen-bond donors (Lipinski definition) is 4. The van der Waals surface area contributed by atoms with E-state index in [4.69, 9.17) is 16.3 Å². The van der Waals surface area contributed by atoms with Gasteiger partial charge in [0.2, 0.25) is 0 Å². The summed E-state index contributed by atoms with van der Waals surface area (Å²) in [6.45, 7) is -0.455. The van der Waals surface area contributed by atoms with Crippen molar-refractivity contribution in [2.24, 2.45) is 0 Å². The molecule has 0 aliphatic carbocycles. The average Bonchev–Trinajstić information content (AvgIpc) is 2.15. The van der Waals surface area contributed by atoms with Gasteiger partial charge in [0, 0.05) is 0 Å². The normalized spacial score (nSPS) is 45.6. The Kier molecular flexibility index (Phi) is 3.25. The summed E-state index contributed by atoms with van der Waals surface area (Å²) < 4.78 is 4.93. The Labute approximate surface area is 75.6 Å². The summed E-state index contributed by atoms with van der Waals surface area (Å²) in [7, 11) is 0. The number of aliphatic hydroxyl groups excluding tert-OH is 4. The third-order valence-corrected chi connectivity index (χ3v) is 2.06. The zero-order chi connectivity index (χ0) is 10.0. The predicted molar refractivity (Wildman–Crippen MR) is 42.6 cm³/mol. The van der Waals surface area contributed by atoms with E-state index >= 15 is 0 Å². The molecule has 0 radical (unpaired) electrons. The van der Waals surface area contributed by atoms with Gasteiger partial charge in [-0.3, -0.25) is 0 Å². The van der Waals surface area contributed by atoms with Crippen LogP contribution in [0.25, 0.3) is 0 Å². The van der Waals surface area contributed by atoms with E-state index in [1.54, 1.807) is 0 Å². The van der Waals surface area contributed by atoms with E-state index in [2.05, 4.69) is 5.92 Å². The molecule has 1 rings (SSSR count). The van der Waals surface area contributed by atoms with Crippen LogP contribution in [0.15, 0.2) is 0 Å². The van der Waals surface area contributed by atoms with Gasteiger partial charge in [-0.1, -0.05) is 5.92 Å². The molecule has 1 aliphatic rings. The monoisotopic (exact) mass is 188 g/mol. The lowest BCUT2D eigenvalue weighted by atomic mass is 9.96. The summed E-state index contributed by atoms with van der Waals surface area (Å²) in [4.78, 5) is 0. The van der Waals surface area contributed by atoms with Gasteiger partial charge < -0.3 is 25.2 Å². The summed E-state index contributed by atoms with van der Waals surface area (Å²) in [6.07, 6.45) is -0.941. The second-order valence-corrected chi connectivity index (χ2v) is 2.92. The quantitative estimate of drug-likeness (QED) is 0.340. The summed E-state index contributed by atoms with van der Waals surface area (Å²) in [5, 5.41) is 36.5. The van der Waals surface area contributed by atoms with Crippen molar-refractivity contribution in [1.29, 1.82) is 0 Å². The van der Waals surface area contributed by atoms with E-state index in [0.717, 1.165) is 0 Å². The highest BCUT2D eigenvalue weighted by Crippen LogP contribution is 2.20. The standard InChI is InChI=1S/C8H12O5/c1-2-4-6(10)8(12)7(11)5(3-9)13-4/h1,4-12H,3H2/t4?,5-,6+,7-,8-/m1/s1. The molecule has 1 aliphatic heterocycles. The maximum Gasteiger partial charge on any atom is 0.146 e. The molecule has 74 valence electrons. The Morgan fingerprint density at radius 2 is 1.77 bits per heavy atom. The molecule has 1 saturated heterocycles. The van der Waals surface area contributed by atoms with Crippen molar-refractivity contribution < 1.29 is 25.2 Å². The SMILES string of the molecule is C#CC1O[C@H](CO)[C@@H](O)[C@H](O)[C@H]1O. The average molecular weight is 188 g/mol. The van der Waals surface area contributed by atoms with Crippen molar-refractivity contribution in [3.63, 3.8) is 0 Å². The highest BCUT2D eigenvalue weighted by atomic mass is 16.5. The van der Waals surface area contributed by atoms with Crippen LogP contribution in [-0.4, -0.2) is 57.6 Å². The van der Waals surface area contributed by atoms with Crippen molar-refractivity contribution in [2.75, 3.05) is 6.61 Å². The van der Waals surface area contributed by atoms with E-state index in [-0.39, 0.29) is 0 Å². The number of rotatable bonds is 1. The minimum absolute atomic E-state index is 0.455. The Morgan fingerprint density at radius 3 is 2.23 bits per heavy atom. The van der Waals surface area contributed by atoms with Crippen LogP contribution in [0.3, 0.4) is 0 Å². The topological polar surface area (TPSA) is 90.2 Å². The first-order valence-electron chi connectivity index (χ1n) is 3.88. The molecule has 4 N–H and O–H groups in total. The first kappa shape index (κ1) is 10.4. The minimum atomic E-state index is -1.38. The second-order valence-electron chi connectivity index (χ2n) is 2.92. The molecule has 0 spiro atoms. The van der Waals surface area contributed by atoms with Crippen molar-refractivity contribution in [3.8, 4) is 12.3 Å². The lowest BCUT2D eigenvalue weighted by Crippen LogP contribution is -2.58. The Hall–Kier alpha value is -0.640. The molecule has 1 fully saturated rings. The minimum Gasteiger partial charge on any atom is -0.394 e. The second kappa shape index (κ2) is 4.05. The molecule has 0 bridgehead atoms. The van der Waals surface area contributed by atoms with Crippen molar-refractivity contribution in [1.82, 2.24) is 0 Å². The zero-order valence-corrected chi connectivity index (χ0v) is 6.87. The predicted octanol–water partition coefficient (Wildman–Crippen LogP) is -2.54. The molecule has 0 amide bonds. The molecule has 0 aromatic rings. The Bertz CT molecular complexity index is 209. The van der Waals surface area contributed by atoms with Crippen molar-refractivity contribution >= 4 is 0 Å². The van der Waals surface area contributed by atoms with Crippen LogP contribution in [0.5, 0.6) is 0 Å². The number of aliphatic hydroxyl groups is 4. The molecule has 13 heavy (non-hydrogen) atoms. The highest BCUT2D eigenvalue weighted by molar-refractivity contribution is 5.05. The van der Waals surface area contributed by atoms with Crippen LogP contribution in [0, 0.1) is 12.3 Å². The number of terminal acetylenes is 1. The lowest BCUT2D eigenvalue weighted by molar-refractivity contribution is -0.214. The Balaban J connectivity index is 2.73. The molecule has 5 heteroatoms. The third kappa shape index (κ3) is 1.82. The van der Waals surface area contributed by atoms with Gasteiger partial charge in [0.1, 0.15) is 30.5 Å².